The summed E-state index contributed by atoms with van der Waals surface area (Å²) in [6.45, 7) is 4.61. The molecule has 7 heteroatoms. The first kappa shape index (κ1) is 23.3. The molecule has 1 saturated carbocycles. The minimum absolute atomic E-state index is 0.00575. The van der Waals surface area contributed by atoms with Gasteiger partial charge in [-0.1, -0.05) is 6.07 Å². The zero-order valence-corrected chi connectivity index (χ0v) is 18.5. The van der Waals surface area contributed by atoms with Gasteiger partial charge in [-0.2, -0.15) is 0 Å². The van der Waals surface area contributed by atoms with E-state index in [1.54, 1.807) is 30.3 Å². The number of carbonyl (C=O) groups is 3. The van der Waals surface area contributed by atoms with Crippen LogP contribution in [0.2, 0.25) is 0 Å². The molecule has 0 atom stereocenters. The zero-order valence-electron chi connectivity index (χ0n) is 18.5. The van der Waals surface area contributed by atoms with Crippen LogP contribution < -0.4 is 15.4 Å². The molecule has 0 heterocycles. The van der Waals surface area contributed by atoms with Gasteiger partial charge in [0.1, 0.15) is 5.75 Å². The van der Waals surface area contributed by atoms with Crippen LogP contribution in [0, 0.1) is 19.8 Å². The Hall–Kier alpha value is -3.35. The summed E-state index contributed by atoms with van der Waals surface area (Å²) in [5.41, 5.74) is 3.31. The van der Waals surface area contributed by atoms with Crippen LogP contribution in [0.5, 0.6) is 5.75 Å². The van der Waals surface area contributed by atoms with Crippen LogP contribution in [0.25, 0.3) is 0 Å². The maximum atomic E-state index is 12.3. The lowest BCUT2D eigenvalue weighted by molar-refractivity contribution is -0.143. The Bertz CT molecular complexity index is 963. The van der Waals surface area contributed by atoms with Crippen molar-refractivity contribution in [2.45, 2.75) is 45.6 Å². The molecule has 0 aliphatic heterocycles. The molecule has 170 valence electrons. The van der Waals surface area contributed by atoms with Gasteiger partial charge in [0.15, 0.2) is 0 Å². The first-order chi connectivity index (χ1) is 15.3. The predicted octanol–water partition coefficient (Wildman–Crippen LogP) is 3.49. The second kappa shape index (κ2) is 10.8. The highest BCUT2D eigenvalue weighted by Gasteiger charge is 2.26. The molecule has 0 spiro atoms. The number of ether oxygens (including phenoxy) is 1. The Morgan fingerprint density at radius 3 is 1.97 bits per heavy atom. The molecule has 1 fully saturated rings. The Balaban J connectivity index is 1.39. The van der Waals surface area contributed by atoms with Crippen LogP contribution in [0.3, 0.4) is 0 Å². The van der Waals surface area contributed by atoms with Gasteiger partial charge in [0.05, 0.1) is 12.0 Å². The number of rotatable bonds is 8. The van der Waals surface area contributed by atoms with Gasteiger partial charge in [-0.05, 0) is 87.1 Å². The largest absolute Gasteiger partial charge is 0.490 e. The normalized spacial score (nSPS) is 17.9. The SMILES string of the molecule is Cc1ccc(C(=O)NCCNC(=O)c2ccc(O[C@H]3CC[C@@H](C(=O)O)CC3)cc2)cc1C. The summed E-state index contributed by atoms with van der Waals surface area (Å²) < 4.78 is 5.93. The van der Waals surface area contributed by atoms with Crippen LogP contribution in [-0.2, 0) is 4.79 Å². The number of carboxylic acids is 1. The van der Waals surface area contributed by atoms with Crippen LogP contribution in [-0.4, -0.2) is 42.1 Å². The third-order valence-electron chi connectivity index (χ3n) is 5.91. The minimum atomic E-state index is -0.733. The van der Waals surface area contributed by atoms with E-state index in [0.29, 0.717) is 55.6 Å². The van der Waals surface area contributed by atoms with Crippen molar-refractivity contribution in [1.82, 2.24) is 10.6 Å². The van der Waals surface area contributed by atoms with Crippen molar-refractivity contribution in [1.29, 1.82) is 0 Å². The zero-order chi connectivity index (χ0) is 23.1. The van der Waals surface area contributed by atoms with Gasteiger partial charge in [-0.15, -0.1) is 0 Å². The van der Waals surface area contributed by atoms with E-state index < -0.39 is 5.97 Å². The highest BCUT2D eigenvalue weighted by Crippen LogP contribution is 2.28. The van der Waals surface area contributed by atoms with Gasteiger partial charge in [-0.3, -0.25) is 14.4 Å². The average molecular weight is 439 g/mol. The molecule has 0 aromatic heterocycles. The number of aryl methyl sites for hydroxylation is 2. The van der Waals surface area contributed by atoms with Gasteiger partial charge < -0.3 is 20.5 Å². The molecule has 3 N–H and O–H groups in total. The summed E-state index contributed by atoms with van der Waals surface area (Å²) in [5, 5.41) is 14.7. The summed E-state index contributed by atoms with van der Waals surface area (Å²) in [4.78, 5) is 35.6. The molecule has 1 aliphatic rings. The van der Waals surface area contributed by atoms with E-state index in [2.05, 4.69) is 10.6 Å². The Morgan fingerprint density at radius 2 is 1.41 bits per heavy atom. The molecule has 7 nitrogen and oxygen atoms in total. The number of amides is 2. The van der Waals surface area contributed by atoms with Gasteiger partial charge in [-0.25, -0.2) is 0 Å². The van der Waals surface area contributed by atoms with Gasteiger partial charge in [0, 0.05) is 24.2 Å². The molecule has 32 heavy (non-hydrogen) atoms. The molecule has 2 amide bonds. The Kier molecular flexibility index (Phi) is 7.87. The third-order valence-corrected chi connectivity index (χ3v) is 5.91. The third kappa shape index (κ3) is 6.33. The number of carboxylic acid groups (broad SMARTS) is 1. The predicted molar refractivity (Wildman–Crippen MR) is 121 cm³/mol. The summed E-state index contributed by atoms with van der Waals surface area (Å²) in [6, 6.07) is 12.4. The number of carbonyl (C=O) groups excluding carboxylic acids is 2. The van der Waals surface area contributed by atoms with E-state index in [9.17, 15) is 14.4 Å². The highest BCUT2D eigenvalue weighted by molar-refractivity contribution is 5.95. The molecule has 0 bridgehead atoms. The summed E-state index contributed by atoms with van der Waals surface area (Å²) >= 11 is 0. The van der Waals surface area contributed by atoms with Crippen molar-refractivity contribution >= 4 is 17.8 Å². The van der Waals surface area contributed by atoms with Crippen LogP contribution in [0.15, 0.2) is 42.5 Å². The topological polar surface area (TPSA) is 105 Å². The molecule has 2 aromatic carbocycles. The van der Waals surface area contributed by atoms with Crippen LogP contribution in [0.4, 0.5) is 0 Å². The smallest absolute Gasteiger partial charge is 0.306 e. The van der Waals surface area contributed by atoms with Gasteiger partial charge >= 0.3 is 5.97 Å². The summed E-state index contributed by atoms with van der Waals surface area (Å²) in [5.74, 6) is -0.725. The van der Waals surface area contributed by atoms with E-state index >= 15 is 0 Å². The van der Waals surface area contributed by atoms with Crippen molar-refractivity contribution < 1.29 is 24.2 Å². The van der Waals surface area contributed by atoms with Crippen molar-refractivity contribution in [3.05, 3.63) is 64.7 Å². The fraction of sp³-hybridized carbons (Fsp3) is 0.400. The molecule has 3 rings (SSSR count). The Labute approximate surface area is 188 Å². The van der Waals surface area contributed by atoms with Crippen LogP contribution in [0.1, 0.15) is 57.5 Å². The lowest BCUT2D eigenvalue weighted by atomic mass is 9.87. The van der Waals surface area contributed by atoms with Crippen molar-refractivity contribution in [3.8, 4) is 5.75 Å². The highest BCUT2D eigenvalue weighted by atomic mass is 16.5. The Morgan fingerprint density at radius 1 is 0.844 bits per heavy atom. The van der Waals surface area contributed by atoms with E-state index in [4.69, 9.17) is 9.84 Å². The van der Waals surface area contributed by atoms with Crippen molar-refractivity contribution in [3.63, 3.8) is 0 Å². The van der Waals surface area contributed by atoms with E-state index in [1.807, 2.05) is 26.0 Å². The number of aliphatic carboxylic acids is 1. The van der Waals surface area contributed by atoms with Gasteiger partial charge in [0.25, 0.3) is 11.8 Å². The standard InChI is InChI=1S/C25H30N2O5/c1-16-3-4-20(15-17(16)2)24(29)27-14-13-26-23(28)18-5-9-21(10-6-18)32-22-11-7-19(8-12-22)25(30)31/h3-6,9-10,15,19,22H,7-8,11-14H2,1-2H3,(H,26,28)(H,27,29)(H,30,31)/t19-,22+. The lowest BCUT2D eigenvalue weighted by Crippen LogP contribution is -2.34. The number of hydrogen-bond acceptors (Lipinski definition) is 4. The second-order valence-electron chi connectivity index (χ2n) is 8.26. The first-order valence-electron chi connectivity index (χ1n) is 11.0. The minimum Gasteiger partial charge on any atom is -0.490 e. The number of benzene rings is 2. The van der Waals surface area contributed by atoms with Crippen molar-refractivity contribution in [2.24, 2.45) is 5.92 Å². The quantitative estimate of drug-likeness (QED) is 0.547. The maximum absolute atomic E-state index is 12.3. The fourth-order valence-electron chi connectivity index (χ4n) is 3.74. The van der Waals surface area contributed by atoms with E-state index in [0.717, 1.165) is 11.1 Å². The van der Waals surface area contributed by atoms with Crippen LogP contribution >= 0.6 is 0 Å². The average Bonchev–Trinajstić information content (AvgIpc) is 2.79. The fourth-order valence-corrected chi connectivity index (χ4v) is 3.74. The van der Waals surface area contributed by atoms with Gasteiger partial charge in [0.2, 0.25) is 0 Å². The number of nitrogens with one attached hydrogen (secondary N) is 2. The number of hydrogen-bond donors (Lipinski definition) is 3. The second-order valence-corrected chi connectivity index (χ2v) is 8.26. The monoisotopic (exact) mass is 438 g/mol. The van der Waals surface area contributed by atoms with E-state index in [1.165, 1.54) is 0 Å². The molecule has 0 unspecified atom stereocenters. The first-order valence-corrected chi connectivity index (χ1v) is 11.0. The summed E-state index contributed by atoms with van der Waals surface area (Å²) in [6.07, 6.45) is 2.69. The molecule has 2 aromatic rings. The maximum Gasteiger partial charge on any atom is 0.306 e. The lowest BCUT2D eigenvalue weighted by Gasteiger charge is -2.26. The molecular formula is C25H30N2O5. The molecule has 0 radical (unpaired) electrons. The summed E-state index contributed by atoms with van der Waals surface area (Å²) in [7, 11) is 0. The molecule has 1 aliphatic carbocycles. The van der Waals surface area contributed by atoms with Crippen molar-refractivity contribution in [2.75, 3.05) is 13.1 Å². The molecular weight excluding hydrogens is 408 g/mol. The van der Waals surface area contributed by atoms with E-state index in [-0.39, 0.29) is 23.8 Å². The molecule has 0 saturated heterocycles.